The van der Waals surface area contributed by atoms with Crippen molar-refractivity contribution in [2.45, 2.75) is 119 Å². The van der Waals surface area contributed by atoms with E-state index in [2.05, 4.69) is 63.8 Å². The summed E-state index contributed by atoms with van der Waals surface area (Å²) in [5, 5.41) is 57.3. The lowest BCUT2D eigenvalue weighted by Crippen LogP contribution is -2.61. The van der Waals surface area contributed by atoms with Crippen LogP contribution in [0.3, 0.4) is 0 Å². The molecule has 0 radical (unpaired) electrons. The quantitative estimate of drug-likeness (QED) is 0.0248. The Morgan fingerprint density at radius 3 is 1.25 bits per heavy atom. The number of carboxylic acid groups (broad SMARTS) is 1. The highest BCUT2D eigenvalue weighted by Gasteiger charge is 2.35. The molecule has 12 amide bonds. The zero-order chi connectivity index (χ0) is 60.8. The predicted octanol–water partition coefficient (Wildman–Crippen LogP) is -3.56. The van der Waals surface area contributed by atoms with Crippen molar-refractivity contribution in [3.8, 4) is 0 Å². The van der Waals surface area contributed by atoms with E-state index in [4.69, 9.17) is 33.8 Å². The molecule has 23 N–H and O–H groups in total. The second-order valence-corrected chi connectivity index (χ2v) is 19.5. The van der Waals surface area contributed by atoms with Gasteiger partial charge in [-0.25, -0.2) is 9.59 Å². The molecule has 0 unspecified atom stereocenters. The Labute approximate surface area is 478 Å². The molecule has 3 aromatic rings. The highest BCUT2D eigenvalue weighted by Crippen LogP contribution is 2.18. The Bertz CT molecular complexity index is 2790. The van der Waals surface area contributed by atoms with E-state index in [1.54, 1.807) is 42.5 Å². The van der Waals surface area contributed by atoms with Gasteiger partial charge in [0.05, 0.1) is 6.54 Å². The molecule has 30 heteroatoms. The number of carboxylic acids is 1. The lowest BCUT2D eigenvalue weighted by molar-refractivity contribution is -0.138. The Hall–Kier alpha value is -9.77. The summed E-state index contributed by atoms with van der Waals surface area (Å²) >= 11 is 0. The molecule has 0 aromatic heterocycles. The third-order valence-electron chi connectivity index (χ3n) is 13.0. The number of benzene rings is 3. The number of aliphatic carboxylic acids is 1. The largest absolute Gasteiger partial charge is 0.481 e. The standard InChI is InChI=1S/C53H76N18O12/c54-50(55)60-22-6-14-34-44(76)68-36(16-8-24-62-52(58)82)45(77)67-35(15-7-23-61-51(56)57)47(79)70-38(20-21-42(73)74)48(80)71-39(27-30-10-2-1-3-11-30)43(75)64-29-41(72)65-40(28-31-18-19-32-12-4-5-13-33(32)26-31)49(81)69-37(46(78)66-34)17-9-25-63-53(59)83/h1-5,10-13,18-19,26,34-40H,6-9,14-17,20-25,27-29H2,(H,64,75)(H,65,72)(H,66,78)(H,67,77)(H,68,76)(H,69,81)(H,70,79)(H,71,80)(H,73,74)(H4,54,55,60)(H4,56,57,61)(H3,58,62,82)(H3,59,63,83)/t34-,35-,36+,37+,38+,39+,40+/m1/s1. The summed E-state index contributed by atoms with van der Waals surface area (Å²) in [5.41, 5.74) is 22.6. The zero-order valence-electron chi connectivity index (χ0n) is 45.7. The average Bonchev–Trinajstić information content (AvgIpc) is 3.55. The van der Waals surface area contributed by atoms with Gasteiger partial charge in [0, 0.05) is 45.4 Å². The summed E-state index contributed by atoms with van der Waals surface area (Å²) in [6, 6.07) is 8.68. The zero-order valence-corrected chi connectivity index (χ0v) is 45.7. The number of amides is 12. The predicted molar refractivity (Wildman–Crippen MR) is 303 cm³/mol. The fourth-order valence-electron chi connectivity index (χ4n) is 8.75. The van der Waals surface area contributed by atoms with Crippen LogP contribution in [0.5, 0.6) is 0 Å². The molecular formula is C53H76N18O12. The molecular weight excluding hydrogens is 1080 g/mol. The number of carbonyl (C=O) groups excluding carboxylic acids is 10. The molecule has 4 rings (SSSR count). The third kappa shape index (κ3) is 24.6. The summed E-state index contributed by atoms with van der Waals surface area (Å²) in [4.78, 5) is 150. The van der Waals surface area contributed by atoms with Gasteiger partial charge in [0.2, 0.25) is 47.3 Å². The molecule has 0 saturated carbocycles. The van der Waals surface area contributed by atoms with Crippen molar-refractivity contribution >= 4 is 88.0 Å². The van der Waals surface area contributed by atoms with E-state index in [-0.39, 0.29) is 90.4 Å². The van der Waals surface area contributed by atoms with Crippen molar-refractivity contribution in [1.82, 2.24) is 63.8 Å². The van der Waals surface area contributed by atoms with E-state index >= 15 is 0 Å². The van der Waals surface area contributed by atoms with Crippen LogP contribution in [0.4, 0.5) is 9.59 Å². The number of primary amides is 2. The van der Waals surface area contributed by atoms with Crippen molar-refractivity contribution in [2.24, 2.45) is 22.9 Å². The summed E-state index contributed by atoms with van der Waals surface area (Å²) in [7, 11) is 0. The molecule has 1 aliphatic heterocycles. The molecule has 30 nitrogen and oxygen atoms in total. The summed E-state index contributed by atoms with van der Waals surface area (Å²) in [5.74, 6) is -9.74. The number of guanidine groups is 2. The molecule has 7 atom stereocenters. The number of carbonyl (C=O) groups is 11. The van der Waals surface area contributed by atoms with E-state index < -0.39 is 139 Å². The van der Waals surface area contributed by atoms with Gasteiger partial charge in [0.25, 0.3) is 0 Å². The number of hydrogen-bond donors (Lipinski definition) is 19. The topological polar surface area (TPSA) is 504 Å². The van der Waals surface area contributed by atoms with Crippen LogP contribution in [0.25, 0.3) is 10.8 Å². The first-order chi connectivity index (χ1) is 39.6. The highest BCUT2D eigenvalue weighted by atomic mass is 16.4. The van der Waals surface area contributed by atoms with Gasteiger partial charge in [-0.2, -0.15) is 0 Å². The Kier molecular flexibility index (Phi) is 27.2. The molecule has 3 aromatic carbocycles. The van der Waals surface area contributed by atoms with Gasteiger partial charge >= 0.3 is 18.0 Å². The minimum absolute atomic E-state index is 0.000226. The number of nitrogens with one attached hydrogen (secondary N) is 14. The van der Waals surface area contributed by atoms with Gasteiger partial charge in [0.1, 0.15) is 42.3 Å². The van der Waals surface area contributed by atoms with Crippen LogP contribution in [0.15, 0.2) is 72.8 Å². The lowest BCUT2D eigenvalue weighted by Gasteiger charge is -2.28. The van der Waals surface area contributed by atoms with Crippen molar-refractivity contribution in [2.75, 3.05) is 32.7 Å². The fourth-order valence-corrected chi connectivity index (χ4v) is 8.75. The van der Waals surface area contributed by atoms with E-state index in [0.29, 0.717) is 11.1 Å². The van der Waals surface area contributed by atoms with Crippen LogP contribution < -0.4 is 86.7 Å². The second kappa shape index (κ2) is 34.4. The molecule has 1 aliphatic rings. The number of urea groups is 2. The minimum atomic E-state index is -1.66. The Morgan fingerprint density at radius 2 is 0.819 bits per heavy atom. The van der Waals surface area contributed by atoms with E-state index in [9.17, 15) is 57.8 Å². The molecule has 0 bridgehead atoms. The maximum atomic E-state index is 14.6. The van der Waals surface area contributed by atoms with E-state index in [1.807, 2.05) is 30.3 Å². The minimum Gasteiger partial charge on any atom is -0.481 e. The van der Waals surface area contributed by atoms with Crippen molar-refractivity contribution in [1.29, 1.82) is 10.8 Å². The third-order valence-corrected chi connectivity index (χ3v) is 13.0. The van der Waals surface area contributed by atoms with Gasteiger partial charge in [-0.05, 0) is 79.7 Å². The number of nitrogens with two attached hydrogens (primary N) is 4. The number of rotatable bonds is 23. The maximum Gasteiger partial charge on any atom is 0.312 e. The molecule has 0 spiro atoms. The smallest absolute Gasteiger partial charge is 0.312 e. The van der Waals surface area contributed by atoms with Crippen LogP contribution in [0.2, 0.25) is 0 Å². The monoisotopic (exact) mass is 1160 g/mol. The Morgan fingerprint density at radius 1 is 0.446 bits per heavy atom. The first-order valence-electron chi connectivity index (χ1n) is 26.9. The van der Waals surface area contributed by atoms with Crippen LogP contribution in [-0.2, 0) is 56.0 Å². The van der Waals surface area contributed by atoms with E-state index in [1.165, 1.54) is 0 Å². The SMILES string of the molecule is N=C(N)NCCC[C@H]1NC(=O)[C@H](CCCNC(N)=O)NC(=O)[C@@H](CCCNC(=N)N)NC(=O)[C@H](CCCNC(N)=O)NC(=O)[C@H](Cc2ccc3ccccc3c2)NC(=O)CNC(=O)[C@H](Cc2ccccc2)NC(=O)[C@H](CCC(=O)O)NC1=O. The number of fused-ring (bicyclic) bond motifs is 1. The normalized spacial score (nSPS) is 20.7. The second-order valence-electron chi connectivity index (χ2n) is 19.5. The molecule has 1 heterocycles. The van der Waals surface area contributed by atoms with Gasteiger partial charge in [-0.15, -0.1) is 0 Å². The van der Waals surface area contributed by atoms with Crippen molar-refractivity contribution in [3.63, 3.8) is 0 Å². The highest BCUT2D eigenvalue weighted by molar-refractivity contribution is 5.99. The maximum absolute atomic E-state index is 14.6. The first-order valence-corrected chi connectivity index (χ1v) is 26.9. The van der Waals surface area contributed by atoms with Gasteiger partial charge in [0.15, 0.2) is 11.9 Å². The van der Waals surface area contributed by atoms with Gasteiger partial charge in [-0.1, -0.05) is 72.8 Å². The average molecular weight is 1160 g/mol. The molecule has 0 aliphatic carbocycles. The van der Waals surface area contributed by atoms with Crippen molar-refractivity contribution < 1.29 is 57.8 Å². The van der Waals surface area contributed by atoms with Gasteiger partial charge in [-0.3, -0.25) is 54.0 Å². The van der Waals surface area contributed by atoms with Crippen LogP contribution in [-0.4, -0.2) is 157 Å². The van der Waals surface area contributed by atoms with Gasteiger partial charge < -0.3 is 91.8 Å². The molecule has 1 saturated heterocycles. The lowest BCUT2D eigenvalue weighted by atomic mass is 10.00. The van der Waals surface area contributed by atoms with Crippen LogP contribution in [0, 0.1) is 10.8 Å². The Balaban J connectivity index is 1.87. The molecule has 83 heavy (non-hydrogen) atoms. The van der Waals surface area contributed by atoms with Crippen molar-refractivity contribution in [3.05, 3.63) is 83.9 Å². The van der Waals surface area contributed by atoms with E-state index in [0.717, 1.165) is 10.8 Å². The molecule has 450 valence electrons. The fraction of sp³-hybridized carbons (Fsp3) is 0.453. The summed E-state index contributed by atoms with van der Waals surface area (Å²) in [6.07, 6.45) is -2.14. The first kappa shape index (κ1) is 65.7. The van der Waals surface area contributed by atoms with Crippen LogP contribution in [0.1, 0.15) is 75.3 Å². The summed E-state index contributed by atoms with van der Waals surface area (Å²) in [6.45, 7) is -0.874. The van der Waals surface area contributed by atoms with Crippen LogP contribution >= 0.6 is 0 Å². The number of hydrogen-bond acceptors (Lipinski definition) is 13. The summed E-state index contributed by atoms with van der Waals surface area (Å²) < 4.78 is 0. The molecule has 1 fully saturated rings.